The number of halogens is 3. The van der Waals surface area contributed by atoms with Crippen molar-refractivity contribution in [3.05, 3.63) is 21.9 Å². The van der Waals surface area contributed by atoms with Crippen molar-refractivity contribution in [2.45, 2.75) is 26.1 Å². The quantitative estimate of drug-likeness (QED) is 0.630. The lowest BCUT2D eigenvalue weighted by atomic mass is 10.4. The van der Waals surface area contributed by atoms with E-state index in [1.807, 2.05) is 19.1 Å². The molecule has 1 rings (SSSR count). The monoisotopic (exact) mass is 239 g/mol. The molecule has 0 atom stereocenters. The summed E-state index contributed by atoms with van der Waals surface area (Å²) < 4.78 is 35.0. The fourth-order valence-electron chi connectivity index (χ4n) is 0.962. The van der Waals surface area contributed by atoms with E-state index in [1.165, 1.54) is 4.88 Å². The highest BCUT2D eigenvalue weighted by atomic mass is 32.1. The first-order valence-corrected chi connectivity index (χ1v) is 5.32. The zero-order valence-corrected chi connectivity index (χ0v) is 9.04. The van der Waals surface area contributed by atoms with Crippen LogP contribution in [-0.4, -0.2) is 12.8 Å². The molecule has 15 heavy (non-hydrogen) atoms. The second kappa shape index (κ2) is 5.48. The third-order valence-electron chi connectivity index (χ3n) is 1.65. The van der Waals surface area contributed by atoms with Gasteiger partial charge in [0.1, 0.15) is 0 Å². The van der Waals surface area contributed by atoms with Crippen molar-refractivity contribution in [3.63, 3.8) is 0 Å². The molecule has 0 radical (unpaired) electrons. The molecular formula is C9H12F3NOS. The lowest BCUT2D eigenvalue weighted by Crippen LogP contribution is -2.24. The van der Waals surface area contributed by atoms with E-state index in [9.17, 15) is 13.2 Å². The maximum Gasteiger partial charge on any atom is 0.413 e. The van der Waals surface area contributed by atoms with Crippen LogP contribution in [0.5, 0.6) is 0 Å². The van der Waals surface area contributed by atoms with E-state index < -0.39 is 12.8 Å². The number of aryl methyl sites for hydroxylation is 1. The molecule has 1 aromatic heterocycles. The Morgan fingerprint density at radius 2 is 2.00 bits per heavy atom. The first kappa shape index (κ1) is 12.5. The van der Waals surface area contributed by atoms with Gasteiger partial charge in [-0.1, -0.05) is 6.92 Å². The van der Waals surface area contributed by atoms with Crippen LogP contribution in [0, 0.1) is 0 Å². The van der Waals surface area contributed by atoms with E-state index in [2.05, 4.69) is 10.3 Å². The third kappa shape index (κ3) is 5.15. The predicted molar refractivity (Wildman–Crippen MR) is 52.5 cm³/mol. The van der Waals surface area contributed by atoms with Gasteiger partial charge in [-0.15, -0.1) is 11.3 Å². The number of hydroxylamine groups is 1. The van der Waals surface area contributed by atoms with Crippen LogP contribution in [0.1, 0.15) is 16.7 Å². The molecular weight excluding hydrogens is 227 g/mol. The smallest absolute Gasteiger partial charge is 0.292 e. The molecule has 0 bridgehead atoms. The topological polar surface area (TPSA) is 21.3 Å². The number of alkyl halides is 3. The van der Waals surface area contributed by atoms with Crippen molar-refractivity contribution in [2.24, 2.45) is 0 Å². The Labute approximate surface area is 90.0 Å². The Bertz CT molecular complexity index is 298. The first-order chi connectivity index (χ1) is 7.01. The van der Waals surface area contributed by atoms with Crippen molar-refractivity contribution in [2.75, 3.05) is 6.61 Å². The Balaban J connectivity index is 2.20. The summed E-state index contributed by atoms with van der Waals surface area (Å²) in [6, 6.07) is 3.85. The van der Waals surface area contributed by atoms with Crippen LogP contribution in [0.3, 0.4) is 0 Å². The molecule has 1 N–H and O–H groups in total. The minimum absolute atomic E-state index is 0.306. The molecule has 0 aliphatic heterocycles. The van der Waals surface area contributed by atoms with E-state index in [0.717, 1.165) is 11.3 Å². The van der Waals surface area contributed by atoms with Crippen LogP contribution in [0.4, 0.5) is 13.2 Å². The van der Waals surface area contributed by atoms with Gasteiger partial charge in [-0.05, 0) is 18.6 Å². The number of hydrogen-bond donors (Lipinski definition) is 1. The van der Waals surface area contributed by atoms with Crippen LogP contribution in [0.25, 0.3) is 0 Å². The van der Waals surface area contributed by atoms with Gasteiger partial charge in [-0.2, -0.15) is 18.7 Å². The van der Waals surface area contributed by atoms with Gasteiger partial charge in [-0.3, -0.25) is 4.84 Å². The molecule has 1 heterocycles. The standard InChI is InChI=1S/C9H12F3NOS/c1-2-7-3-4-8(15-7)5-13-14-6-9(10,11)12/h3-4,13H,2,5-6H2,1H3. The van der Waals surface area contributed by atoms with Crippen molar-refractivity contribution in [1.29, 1.82) is 0 Å². The van der Waals surface area contributed by atoms with Gasteiger partial charge >= 0.3 is 6.18 Å². The van der Waals surface area contributed by atoms with Gasteiger partial charge in [0.05, 0.1) is 6.54 Å². The third-order valence-corrected chi connectivity index (χ3v) is 2.88. The van der Waals surface area contributed by atoms with Gasteiger partial charge in [0, 0.05) is 9.75 Å². The molecule has 86 valence electrons. The number of rotatable bonds is 5. The van der Waals surface area contributed by atoms with Crippen LogP contribution in [0.15, 0.2) is 12.1 Å². The van der Waals surface area contributed by atoms with Gasteiger partial charge in [0.25, 0.3) is 0 Å². The summed E-state index contributed by atoms with van der Waals surface area (Å²) in [7, 11) is 0. The van der Waals surface area contributed by atoms with Crippen LogP contribution in [0.2, 0.25) is 0 Å². The van der Waals surface area contributed by atoms with E-state index in [1.54, 1.807) is 11.3 Å². The highest BCUT2D eigenvalue weighted by molar-refractivity contribution is 7.11. The fraction of sp³-hybridized carbons (Fsp3) is 0.556. The Kier molecular flexibility index (Phi) is 4.56. The average Bonchev–Trinajstić information content (AvgIpc) is 2.59. The average molecular weight is 239 g/mol. The summed E-state index contributed by atoms with van der Waals surface area (Å²) in [6.07, 6.45) is -3.34. The molecule has 1 aromatic rings. The highest BCUT2D eigenvalue weighted by Crippen LogP contribution is 2.17. The van der Waals surface area contributed by atoms with Crippen LogP contribution in [-0.2, 0) is 17.8 Å². The molecule has 0 saturated heterocycles. The molecule has 0 aromatic carbocycles. The SMILES string of the molecule is CCc1ccc(CNOCC(F)(F)F)s1. The van der Waals surface area contributed by atoms with E-state index in [0.29, 0.717) is 6.54 Å². The molecule has 0 spiro atoms. The Morgan fingerprint density at radius 1 is 1.33 bits per heavy atom. The van der Waals surface area contributed by atoms with E-state index in [-0.39, 0.29) is 0 Å². The predicted octanol–water partition coefficient (Wildman–Crippen LogP) is 2.89. The van der Waals surface area contributed by atoms with Gasteiger partial charge < -0.3 is 0 Å². The van der Waals surface area contributed by atoms with Gasteiger partial charge in [0.2, 0.25) is 0 Å². The fourth-order valence-corrected chi connectivity index (χ4v) is 1.85. The Hall–Kier alpha value is -0.590. The summed E-state index contributed by atoms with van der Waals surface area (Å²) in [4.78, 5) is 6.45. The highest BCUT2D eigenvalue weighted by Gasteiger charge is 2.27. The lowest BCUT2D eigenvalue weighted by molar-refractivity contribution is -0.190. The van der Waals surface area contributed by atoms with Crippen LogP contribution >= 0.6 is 11.3 Å². The summed E-state index contributed by atoms with van der Waals surface area (Å²) in [5.41, 5.74) is 2.29. The van der Waals surface area contributed by atoms with Crippen molar-refractivity contribution in [3.8, 4) is 0 Å². The summed E-state index contributed by atoms with van der Waals surface area (Å²) in [5.74, 6) is 0. The second-order valence-electron chi connectivity index (χ2n) is 2.95. The summed E-state index contributed by atoms with van der Waals surface area (Å²) in [6.45, 7) is 1.07. The molecule has 6 heteroatoms. The minimum atomic E-state index is -4.28. The molecule has 0 unspecified atom stereocenters. The second-order valence-corrected chi connectivity index (χ2v) is 4.20. The maximum absolute atomic E-state index is 11.7. The zero-order valence-electron chi connectivity index (χ0n) is 8.23. The molecule has 2 nitrogen and oxygen atoms in total. The van der Waals surface area contributed by atoms with Crippen molar-refractivity contribution >= 4 is 11.3 Å². The van der Waals surface area contributed by atoms with E-state index in [4.69, 9.17) is 0 Å². The first-order valence-electron chi connectivity index (χ1n) is 4.50. The van der Waals surface area contributed by atoms with Crippen LogP contribution < -0.4 is 5.48 Å². The molecule has 0 saturated carbocycles. The summed E-state index contributed by atoms with van der Waals surface area (Å²) in [5, 5.41) is 0. The normalized spacial score (nSPS) is 12.0. The Morgan fingerprint density at radius 3 is 2.53 bits per heavy atom. The molecule has 0 aliphatic carbocycles. The van der Waals surface area contributed by atoms with E-state index >= 15 is 0 Å². The van der Waals surface area contributed by atoms with Crippen molar-refractivity contribution < 1.29 is 18.0 Å². The summed E-state index contributed by atoms with van der Waals surface area (Å²) >= 11 is 1.57. The largest absolute Gasteiger partial charge is 0.413 e. The number of nitrogens with one attached hydrogen (secondary N) is 1. The number of thiophene rings is 1. The maximum atomic E-state index is 11.7. The zero-order chi connectivity index (χ0) is 11.3. The van der Waals surface area contributed by atoms with Gasteiger partial charge in [0.15, 0.2) is 6.61 Å². The van der Waals surface area contributed by atoms with Gasteiger partial charge in [-0.25, -0.2) is 0 Å². The molecule has 0 aliphatic rings. The molecule has 0 fully saturated rings. The minimum Gasteiger partial charge on any atom is -0.292 e. The molecule has 0 amide bonds. The van der Waals surface area contributed by atoms with Crippen molar-refractivity contribution in [1.82, 2.24) is 5.48 Å². The lowest BCUT2D eigenvalue weighted by Gasteiger charge is -2.07. The number of hydrogen-bond acceptors (Lipinski definition) is 3.